The van der Waals surface area contributed by atoms with E-state index in [9.17, 15) is 9.90 Å². The second kappa shape index (κ2) is 6.56. The Morgan fingerprint density at radius 1 is 1.45 bits per heavy atom. The van der Waals surface area contributed by atoms with Gasteiger partial charge in [0.15, 0.2) is 0 Å². The first kappa shape index (κ1) is 14.6. The molecule has 0 aliphatic heterocycles. The third-order valence-corrected chi connectivity index (χ3v) is 3.41. The summed E-state index contributed by atoms with van der Waals surface area (Å²) in [6, 6.07) is 6.62. The molecule has 1 aromatic carbocycles. The minimum Gasteiger partial charge on any atom is -0.508 e. The zero-order chi connectivity index (χ0) is 14.5. The summed E-state index contributed by atoms with van der Waals surface area (Å²) < 4.78 is 2.46. The van der Waals surface area contributed by atoms with Crippen molar-refractivity contribution in [2.24, 2.45) is 0 Å². The molecule has 0 unspecified atom stereocenters. The van der Waals surface area contributed by atoms with Crippen LogP contribution in [0, 0.1) is 0 Å². The van der Waals surface area contributed by atoms with Crippen LogP contribution >= 0.6 is 15.9 Å². The van der Waals surface area contributed by atoms with Crippen molar-refractivity contribution in [2.75, 3.05) is 6.54 Å². The number of rotatable bonds is 5. The van der Waals surface area contributed by atoms with Crippen molar-refractivity contribution >= 4 is 21.8 Å². The number of halogens is 1. The van der Waals surface area contributed by atoms with E-state index in [0.717, 1.165) is 16.5 Å². The lowest BCUT2D eigenvalue weighted by atomic mass is 10.1. The van der Waals surface area contributed by atoms with Gasteiger partial charge in [0, 0.05) is 12.7 Å². The van der Waals surface area contributed by atoms with Gasteiger partial charge in [-0.1, -0.05) is 12.1 Å². The van der Waals surface area contributed by atoms with Gasteiger partial charge >= 0.3 is 0 Å². The Morgan fingerprint density at radius 3 is 2.75 bits per heavy atom. The van der Waals surface area contributed by atoms with Crippen LogP contribution in [-0.2, 0) is 11.2 Å². The van der Waals surface area contributed by atoms with Crippen LogP contribution in [0.2, 0.25) is 0 Å². The highest BCUT2D eigenvalue weighted by Crippen LogP contribution is 2.12. The lowest BCUT2D eigenvalue weighted by molar-refractivity contribution is -0.124. The van der Waals surface area contributed by atoms with Crippen LogP contribution in [0.4, 0.5) is 0 Å². The zero-order valence-electron chi connectivity index (χ0n) is 11.1. The predicted octanol–water partition coefficient (Wildman–Crippen LogP) is 2.27. The Hall–Kier alpha value is -1.82. The quantitative estimate of drug-likeness (QED) is 0.879. The van der Waals surface area contributed by atoms with Crippen LogP contribution in [0.5, 0.6) is 5.75 Å². The molecule has 20 heavy (non-hydrogen) atoms. The highest BCUT2D eigenvalue weighted by molar-refractivity contribution is 9.10. The first-order valence-electron chi connectivity index (χ1n) is 6.31. The summed E-state index contributed by atoms with van der Waals surface area (Å²) in [7, 11) is 0. The van der Waals surface area contributed by atoms with Gasteiger partial charge in [-0.05, 0) is 47.0 Å². The van der Waals surface area contributed by atoms with Crippen LogP contribution in [0.25, 0.3) is 0 Å². The number of aromatic hydroxyl groups is 1. The second-order valence-electron chi connectivity index (χ2n) is 4.52. The van der Waals surface area contributed by atoms with Crippen molar-refractivity contribution in [1.82, 2.24) is 15.1 Å². The van der Waals surface area contributed by atoms with E-state index in [1.807, 2.05) is 12.1 Å². The van der Waals surface area contributed by atoms with Crippen LogP contribution in [0.15, 0.2) is 41.1 Å². The molecule has 1 aromatic heterocycles. The van der Waals surface area contributed by atoms with E-state index in [1.54, 1.807) is 36.1 Å². The zero-order valence-corrected chi connectivity index (χ0v) is 12.7. The molecule has 5 nitrogen and oxygen atoms in total. The number of aromatic nitrogens is 2. The number of hydrogen-bond acceptors (Lipinski definition) is 3. The summed E-state index contributed by atoms with van der Waals surface area (Å²) >= 11 is 3.30. The van der Waals surface area contributed by atoms with Gasteiger partial charge in [0.1, 0.15) is 11.8 Å². The molecule has 0 bridgehead atoms. The van der Waals surface area contributed by atoms with E-state index in [0.29, 0.717) is 6.54 Å². The molecule has 0 aliphatic carbocycles. The van der Waals surface area contributed by atoms with Gasteiger partial charge in [0.05, 0.1) is 10.7 Å². The normalized spacial score (nSPS) is 12.1. The number of carbonyl (C=O) groups is 1. The first-order valence-corrected chi connectivity index (χ1v) is 7.11. The van der Waals surface area contributed by atoms with Crippen molar-refractivity contribution in [3.63, 3.8) is 0 Å². The van der Waals surface area contributed by atoms with Crippen molar-refractivity contribution in [1.29, 1.82) is 0 Å². The van der Waals surface area contributed by atoms with E-state index < -0.39 is 0 Å². The van der Waals surface area contributed by atoms with Crippen molar-refractivity contribution in [2.45, 2.75) is 19.4 Å². The molecule has 0 saturated carbocycles. The van der Waals surface area contributed by atoms with E-state index in [1.165, 1.54) is 0 Å². The fourth-order valence-electron chi connectivity index (χ4n) is 1.79. The van der Waals surface area contributed by atoms with Gasteiger partial charge in [-0.15, -0.1) is 0 Å². The summed E-state index contributed by atoms with van der Waals surface area (Å²) in [6.07, 6.45) is 4.14. The number of phenolic OH excluding ortho intramolecular Hbond substituents is 1. The number of phenols is 1. The Labute approximate surface area is 125 Å². The number of nitrogens with zero attached hydrogens (tertiary/aromatic N) is 2. The molecular weight excluding hydrogens is 322 g/mol. The molecule has 0 saturated heterocycles. The van der Waals surface area contributed by atoms with Crippen LogP contribution < -0.4 is 5.32 Å². The number of carbonyl (C=O) groups excluding carboxylic acids is 1. The molecule has 6 heteroatoms. The Balaban J connectivity index is 1.81. The van der Waals surface area contributed by atoms with Crippen molar-refractivity contribution in [3.05, 3.63) is 46.7 Å². The third-order valence-electron chi connectivity index (χ3n) is 3.00. The number of benzene rings is 1. The van der Waals surface area contributed by atoms with E-state index in [2.05, 4.69) is 26.3 Å². The topological polar surface area (TPSA) is 67.2 Å². The Kier molecular flexibility index (Phi) is 4.79. The molecule has 2 aromatic rings. The molecule has 1 heterocycles. The maximum atomic E-state index is 12.0. The van der Waals surface area contributed by atoms with Gasteiger partial charge < -0.3 is 10.4 Å². The standard InChI is InChI=1S/C14H16BrN3O2/c1-10(18-9-12(15)8-17-18)14(20)16-7-6-11-2-4-13(19)5-3-11/h2-5,8-10,19H,6-7H2,1H3,(H,16,20)/t10-/m0/s1. The maximum Gasteiger partial charge on any atom is 0.244 e. The fourth-order valence-corrected chi connectivity index (χ4v) is 2.09. The minimum absolute atomic E-state index is 0.0700. The number of hydrogen-bond donors (Lipinski definition) is 2. The Bertz CT molecular complexity index is 580. The lowest BCUT2D eigenvalue weighted by Gasteiger charge is -2.12. The molecule has 106 valence electrons. The fraction of sp³-hybridized carbons (Fsp3) is 0.286. The summed E-state index contributed by atoms with van der Waals surface area (Å²) in [5, 5.41) is 16.2. The van der Waals surface area contributed by atoms with Crippen molar-refractivity contribution in [3.8, 4) is 5.75 Å². The molecule has 0 aliphatic rings. The molecule has 1 amide bonds. The number of amides is 1. The molecular formula is C14H16BrN3O2. The van der Waals surface area contributed by atoms with Gasteiger partial charge in [-0.2, -0.15) is 5.10 Å². The average Bonchev–Trinajstić information content (AvgIpc) is 2.86. The van der Waals surface area contributed by atoms with E-state index in [-0.39, 0.29) is 17.7 Å². The Morgan fingerprint density at radius 2 is 2.15 bits per heavy atom. The molecule has 2 rings (SSSR count). The SMILES string of the molecule is C[C@@H](C(=O)NCCc1ccc(O)cc1)n1cc(Br)cn1. The molecule has 0 spiro atoms. The van der Waals surface area contributed by atoms with Crippen molar-refractivity contribution < 1.29 is 9.90 Å². The largest absolute Gasteiger partial charge is 0.508 e. The molecule has 0 radical (unpaired) electrons. The molecule has 2 N–H and O–H groups in total. The van der Waals surface area contributed by atoms with Crippen LogP contribution in [0.1, 0.15) is 18.5 Å². The summed E-state index contributed by atoms with van der Waals surface area (Å²) in [5.74, 6) is 0.176. The first-order chi connectivity index (χ1) is 9.56. The van der Waals surface area contributed by atoms with Crippen LogP contribution in [0.3, 0.4) is 0 Å². The summed E-state index contributed by atoms with van der Waals surface area (Å²) in [4.78, 5) is 12.0. The maximum absolute atomic E-state index is 12.0. The van der Waals surface area contributed by atoms with Gasteiger partial charge in [-0.3, -0.25) is 9.48 Å². The third kappa shape index (κ3) is 3.84. The monoisotopic (exact) mass is 337 g/mol. The summed E-state index contributed by atoms with van der Waals surface area (Å²) in [5.41, 5.74) is 1.07. The number of nitrogens with one attached hydrogen (secondary N) is 1. The highest BCUT2D eigenvalue weighted by atomic mass is 79.9. The van der Waals surface area contributed by atoms with E-state index in [4.69, 9.17) is 0 Å². The van der Waals surface area contributed by atoms with Crippen LogP contribution in [-0.4, -0.2) is 27.3 Å². The molecule has 0 fully saturated rings. The van der Waals surface area contributed by atoms with Gasteiger partial charge in [-0.25, -0.2) is 0 Å². The second-order valence-corrected chi connectivity index (χ2v) is 5.44. The van der Waals surface area contributed by atoms with Gasteiger partial charge in [0.25, 0.3) is 0 Å². The average molecular weight is 338 g/mol. The van der Waals surface area contributed by atoms with E-state index >= 15 is 0 Å². The lowest BCUT2D eigenvalue weighted by Crippen LogP contribution is -2.32. The van der Waals surface area contributed by atoms with Gasteiger partial charge in [0.2, 0.25) is 5.91 Å². The minimum atomic E-state index is -0.346. The molecule has 1 atom stereocenters. The summed E-state index contributed by atoms with van der Waals surface area (Å²) in [6.45, 7) is 2.35. The predicted molar refractivity (Wildman–Crippen MR) is 79.5 cm³/mol. The smallest absolute Gasteiger partial charge is 0.244 e. The highest BCUT2D eigenvalue weighted by Gasteiger charge is 2.14.